The van der Waals surface area contributed by atoms with Gasteiger partial charge in [0.2, 0.25) is 15.8 Å². The van der Waals surface area contributed by atoms with Crippen molar-refractivity contribution in [3.05, 3.63) is 75.9 Å². The summed E-state index contributed by atoms with van der Waals surface area (Å²) in [6, 6.07) is 12.4. The van der Waals surface area contributed by atoms with Crippen molar-refractivity contribution in [3.8, 4) is 11.4 Å². The number of hydrogen-bond donors (Lipinski definition) is 0. The predicted molar refractivity (Wildman–Crippen MR) is 143 cm³/mol. The summed E-state index contributed by atoms with van der Waals surface area (Å²) in [5.41, 5.74) is 1.60. The third-order valence-corrected chi connectivity index (χ3v) is 9.06. The topological polar surface area (TPSA) is 97.6 Å². The zero-order valence-corrected chi connectivity index (χ0v) is 22.3. The lowest BCUT2D eigenvalue weighted by atomic mass is 10.2. The lowest BCUT2D eigenvalue weighted by Gasteiger charge is -2.35. The number of benzene rings is 1. The Kier molecular flexibility index (Phi) is 7.24. The summed E-state index contributed by atoms with van der Waals surface area (Å²) in [7, 11) is -3.43. The number of aryl methyl sites for hydroxylation is 1. The fourth-order valence-electron chi connectivity index (χ4n) is 4.30. The summed E-state index contributed by atoms with van der Waals surface area (Å²) in [5, 5.41) is 4.90. The van der Waals surface area contributed by atoms with Gasteiger partial charge in [-0.05, 0) is 43.2 Å². The molecule has 0 amide bonds. The number of pyridine rings is 1. The molecule has 9 nitrogen and oxygen atoms in total. The van der Waals surface area contributed by atoms with Gasteiger partial charge >= 0.3 is 5.56 Å². The van der Waals surface area contributed by atoms with E-state index in [0.29, 0.717) is 55.6 Å². The molecule has 2 fully saturated rings. The van der Waals surface area contributed by atoms with E-state index in [4.69, 9.17) is 16.3 Å². The maximum Gasteiger partial charge on any atom is 0.316 e. The van der Waals surface area contributed by atoms with Crippen LogP contribution in [0.3, 0.4) is 0 Å². The smallest absolute Gasteiger partial charge is 0.316 e. The molecule has 0 bridgehead atoms. The molecule has 0 atom stereocenters. The standard InChI is InChI=1S/C26H30ClN5O4S/c1-26(9-10-26)19-36-24-23(18-29-32(25(24)33)22-7-4-5-20(27)17-22)30-12-14-31(15-13-30)37(34,35)16-8-21-6-2-3-11-28-21/h2-7,11,17-18H,8-10,12-16,19H2,1H3. The monoisotopic (exact) mass is 543 g/mol. The van der Waals surface area contributed by atoms with Gasteiger partial charge in [0.25, 0.3) is 0 Å². The van der Waals surface area contributed by atoms with Crippen LogP contribution in [-0.2, 0) is 16.4 Å². The first-order valence-electron chi connectivity index (χ1n) is 12.4. The van der Waals surface area contributed by atoms with Crippen molar-refractivity contribution in [3.63, 3.8) is 0 Å². The normalized spacial score (nSPS) is 17.5. The molecule has 2 aromatic heterocycles. The SMILES string of the molecule is CC1(COc2c(N3CCN(S(=O)(=O)CCc4ccccn4)CC3)cnn(-c3cccc(Cl)c3)c2=O)CC1. The van der Waals surface area contributed by atoms with Crippen molar-refractivity contribution >= 4 is 27.3 Å². The highest BCUT2D eigenvalue weighted by Gasteiger charge is 2.39. The molecular formula is C26H30ClN5O4S. The van der Waals surface area contributed by atoms with Crippen molar-refractivity contribution in [2.75, 3.05) is 43.4 Å². The Morgan fingerprint density at radius 1 is 1.08 bits per heavy atom. The fraction of sp³-hybridized carbons (Fsp3) is 0.423. The Bertz CT molecular complexity index is 1420. The van der Waals surface area contributed by atoms with E-state index in [1.807, 2.05) is 23.1 Å². The van der Waals surface area contributed by atoms with Crippen molar-refractivity contribution in [1.82, 2.24) is 19.1 Å². The molecular weight excluding hydrogens is 514 g/mol. The minimum absolute atomic E-state index is 0.00813. The van der Waals surface area contributed by atoms with E-state index in [-0.39, 0.29) is 22.5 Å². The van der Waals surface area contributed by atoms with Crippen LogP contribution < -0.4 is 15.2 Å². The highest BCUT2D eigenvalue weighted by molar-refractivity contribution is 7.89. The predicted octanol–water partition coefficient (Wildman–Crippen LogP) is 3.15. The van der Waals surface area contributed by atoms with Gasteiger partial charge in [0.1, 0.15) is 5.69 Å². The second-order valence-corrected chi connectivity index (χ2v) is 12.5. The van der Waals surface area contributed by atoms with E-state index < -0.39 is 10.0 Å². The molecule has 0 N–H and O–H groups in total. The van der Waals surface area contributed by atoms with Crippen LogP contribution in [0.25, 0.3) is 5.69 Å². The number of piperazine rings is 1. The molecule has 0 spiro atoms. The Hall–Kier alpha value is -2.95. The second kappa shape index (κ2) is 10.4. The van der Waals surface area contributed by atoms with E-state index in [1.54, 1.807) is 36.7 Å². The minimum atomic E-state index is -3.43. The van der Waals surface area contributed by atoms with E-state index in [9.17, 15) is 13.2 Å². The number of hydrogen-bond acceptors (Lipinski definition) is 7. The van der Waals surface area contributed by atoms with E-state index in [1.165, 1.54) is 8.99 Å². The van der Waals surface area contributed by atoms with Crippen molar-refractivity contribution in [1.29, 1.82) is 0 Å². The number of sulfonamides is 1. The summed E-state index contributed by atoms with van der Waals surface area (Å²) in [5.74, 6) is 0.239. The second-order valence-electron chi connectivity index (χ2n) is 9.93. The number of aromatic nitrogens is 3. The van der Waals surface area contributed by atoms with E-state index in [2.05, 4.69) is 17.0 Å². The number of ether oxygens (including phenoxy) is 1. The summed E-state index contributed by atoms with van der Waals surface area (Å²) in [6.45, 7) is 4.07. The molecule has 37 heavy (non-hydrogen) atoms. The summed E-state index contributed by atoms with van der Waals surface area (Å²) >= 11 is 6.14. The van der Waals surface area contributed by atoms with Gasteiger partial charge in [0.15, 0.2) is 0 Å². The Labute approximate surface area is 221 Å². The van der Waals surface area contributed by atoms with Gasteiger partial charge in [-0.2, -0.15) is 14.1 Å². The van der Waals surface area contributed by atoms with Gasteiger partial charge < -0.3 is 9.64 Å². The molecule has 0 unspecified atom stereocenters. The minimum Gasteiger partial charge on any atom is -0.486 e. The van der Waals surface area contributed by atoms with Crippen molar-refractivity contribution in [2.24, 2.45) is 5.41 Å². The average molecular weight is 544 g/mol. The van der Waals surface area contributed by atoms with Gasteiger partial charge in [0, 0.05) is 54.9 Å². The average Bonchev–Trinajstić information content (AvgIpc) is 3.64. The maximum atomic E-state index is 13.5. The lowest BCUT2D eigenvalue weighted by molar-refractivity contribution is 0.242. The third kappa shape index (κ3) is 5.97. The quantitative estimate of drug-likeness (QED) is 0.409. The van der Waals surface area contributed by atoms with Crippen LogP contribution in [0.15, 0.2) is 59.7 Å². The van der Waals surface area contributed by atoms with Gasteiger partial charge in [-0.3, -0.25) is 9.78 Å². The Morgan fingerprint density at radius 3 is 2.54 bits per heavy atom. The summed E-state index contributed by atoms with van der Waals surface area (Å²) < 4.78 is 34.8. The first-order chi connectivity index (χ1) is 17.7. The van der Waals surface area contributed by atoms with Crippen LogP contribution >= 0.6 is 11.6 Å². The molecule has 5 rings (SSSR count). The van der Waals surface area contributed by atoms with Crippen LogP contribution in [0, 0.1) is 5.41 Å². The van der Waals surface area contributed by atoms with Gasteiger partial charge in [-0.25, -0.2) is 8.42 Å². The van der Waals surface area contributed by atoms with Gasteiger partial charge in [-0.15, -0.1) is 0 Å². The van der Waals surface area contributed by atoms with Gasteiger partial charge in [0.05, 0.1) is 24.2 Å². The molecule has 1 aliphatic heterocycles. The van der Waals surface area contributed by atoms with Gasteiger partial charge in [-0.1, -0.05) is 30.7 Å². The Balaban J connectivity index is 1.33. The Morgan fingerprint density at radius 2 is 1.86 bits per heavy atom. The molecule has 1 aromatic carbocycles. The lowest BCUT2D eigenvalue weighted by Crippen LogP contribution is -2.50. The molecule has 1 saturated heterocycles. The summed E-state index contributed by atoms with van der Waals surface area (Å²) in [4.78, 5) is 19.7. The number of anilines is 1. The molecule has 11 heteroatoms. The highest BCUT2D eigenvalue weighted by atomic mass is 35.5. The first-order valence-corrected chi connectivity index (χ1v) is 14.4. The molecule has 3 aromatic rings. The first kappa shape index (κ1) is 25.7. The zero-order valence-electron chi connectivity index (χ0n) is 20.7. The largest absolute Gasteiger partial charge is 0.486 e. The number of halogens is 1. The zero-order chi connectivity index (χ0) is 26.0. The number of rotatable bonds is 9. The van der Waals surface area contributed by atoms with E-state index >= 15 is 0 Å². The van der Waals surface area contributed by atoms with E-state index in [0.717, 1.165) is 18.5 Å². The third-order valence-electron chi connectivity index (χ3n) is 6.95. The van der Waals surface area contributed by atoms with Crippen LogP contribution in [-0.4, -0.2) is 66.0 Å². The highest BCUT2D eigenvalue weighted by Crippen LogP contribution is 2.45. The molecule has 196 valence electrons. The van der Waals surface area contributed by atoms with Crippen LogP contribution in [0.4, 0.5) is 5.69 Å². The number of nitrogens with zero attached hydrogens (tertiary/aromatic N) is 5. The molecule has 1 saturated carbocycles. The van der Waals surface area contributed by atoms with Crippen LogP contribution in [0.5, 0.6) is 5.75 Å². The van der Waals surface area contributed by atoms with Crippen molar-refractivity contribution in [2.45, 2.75) is 26.2 Å². The molecule has 1 aliphatic carbocycles. The van der Waals surface area contributed by atoms with Crippen LogP contribution in [0.1, 0.15) is 25.5 Å². The molecule has 0 radical (unpaired) electrons. The van der Waals surface area contributed by atoms with Crippen LogP contribution in [0.2, 0.25) is 5.02 Å². The molecule has 2 aliphatic rings. The van der Waals surface area contributed by atoms with Crippen molar-refractivity contribution < 1.29 is 13.2 Å². The molecule has 3 heterocycles. The fourth-order valence-corrected chi connectivity index (χ4v) is 5.93. The maximum absolute atomic E-state index is 13.5. The summed E-state index contributed by atoms with van der Waals surface area (Å²) in [6.07, 6.45) is 5.78.